The van der Waals surface area contributed by atoms with Gasteiger partial charge >= 0.3 is 0 Å². The average Bonchev–Trinajstić information content (AvgIpc) is 2.34. The fourth-order valence-corrected chi connectivity index (χ4v) is 1.82. The molecule has 0 unspecified atom stereocenters. The first-order valence-electron chi connectivity index (χ1n) is 2.79. The van der Waals surface area contributed by atoms with Crippen molar-refractivity contribution in [3.8, 4) is 0 Å². The van der Waals surface area contributed by atoms with Crippen LogP contribution in [0, 0.1) is 0 Å². The van der Waals surface area contributed by atoms with Crippen molar-refractivity contribution in [1.29, 1.82) is 0 Å². The molecule has 0 saturated carbocycles. The van der Waals surface area contributed by atoms with Gasteiger partial charge in [-0.15, -0.1) is 0 Å². The zero-order valence-corrected chi connectivity index (χ0v) is 8.35. The van der Waals surface area contributed by atoms with E-state index in [2.05, 4.69) is 52.0 Å². The normalized spacial score (nSPS) is 10.7. The molecule has 0 saturated heterocycles. The predicted octanol–water partition coefficient (Wildman–Crippen LogP) is 1.88. The van der Waals surface area contributed by atoms with E-state index in [0.29, 0.717) is 4.73 Å². The van der Waals surface area contributed by atoms with E-state index < -0.39 is 0 Å². The fraction of sp³-hybridized carbons (Fsp3) is 0. The first-order chi connectivity index (χ1) is 5.27. The van der Waals surface area contributed by atoms with Gasteiger partial charge in [-0.05, 0) is 31.9 Å². The van der Waals surface area contributed by atoms with Gasteiger partial charge in [-0.25, -0.2) is 9.97 Å². The summed E-state index contributed by atoms with van der Waals surface area (Å²) in [6.07, 6.45) is 1.67. The molecule has 2 aromatic rings. The molecule has 1 N–H and O–H groups in total. The summed E-state index contributed by atoms with van der Waals surface area (Å²) in [5.41, 5.74) is 0.721. The van der Waals surface area contributed by atoms with Crippen LogP contribution in [-0.4, -0.2) is 20.2 Å². The van der Waals surface area contributed by atoms with Gasteiger partial charge in [-0.3, -0.25) is 5.10 Å². The van der Waals surface area contributed by atoms with Crippen LogP contribution in [0.3, 0.4) is 0 Å². The molecule has 0 spiro atoms. The molecular formula is C5H2Br2N4. The van der Waals surface area contributed by atoms with E-state index in [4.69, 9.17) is 0 Å². The summed E-state index contributed by atoms with van der Waals surface area (Å²) in [6.45, 7) is 0. The van der Waals surface area contributed by atoms with Crippen LogP contribution in [0.2, 0.25) is 0 Å². The van der Waals surface area contributed by atoms with Gasteiger partial charge in [0.1, 0.15) is 4.60 Å². The van der Waals surface area contributed by atoms with Gasteiger partial charge in [0.15, 0.2) is 10.4 Å². The Morgan fingerprint density at radius 3 is 2.91 bits per heavy atom. The molecule has 0 aromatic carbocycles. The minimum Gasteiger partial charge on any atom is -0.261 e. The standard InChI is InChI=1S/C5H2Br2N4/c6-3-2-1-8-11-4(2)10-5(7)9-3/h1H,(H,8,9,10,11). The molecule has 0 fully saturated rings. The zero-order chi connectivity index (χ0) is 7.84. The van der Waals surface area contributed by atoms with E-state index in [9.17, 15) is 0 Å². The quantitative estimate of drug-likeness (QED) is 0.591. The topological polar surface area (TPSA) is 54.5 Å². The van der Waals surface area contributed by atoms with Crippen molar-refractivity contribution < 1.29 is 0 Å². The number of hydrogen-bond donors (Lipinski definition) is 1. The molecule has 0 bridgehead atoms. The van der Waals surface area contributed by atoms with Gasteiger partial charge < -0.3 is 0 Å². The van der Waals surface area contributed by atoms with Gasteiger partial charge in [0.25, 0.3) is 0 Å². The maximum absolute atomic E-state index is 4.05. The molecule has 0 aliphatic heterocycles. The van der Waals surface area contributed by atoms with Crippen molar-refractivity contribution in [2.24, 2.45) is 0 Å². The van der Waals surface area contributed by atoms with Crippen LogP contribution >= 0.6 is 31.9 Å². The van der Waals surface area contributed by atoms with E-state index in [-0.39, 0.29) is 0 Å². The summed E-state index contributed by atoms with van der Waals surface area (Å²) >= 11 is 6.45. The van der Waals surface area contributed by atoms with Crippen LogP contribution in [-0.2, 0) is 0 Å². The Bertz CT molecular complexity index is 396. The van der Waals surface area contributed by atoms with Gasteiger partial charge in [0, 0.05) is 0 Å². The van der Waals surface area contributed by atoms with Crippen molar-refractivity contribution in [2.45, 2.75) is 0 Å². The Labute approximate surface area is 78.7 Å². The molecule has 2 rings (SSSR count). The lowest BCUT2D eigenvalue weighted by molar-refractivity contribution is 1.07. The van der Waals surface area contributed by atoms with Gasteiger partial charge in [-0.2, -0.15) is 5.10 Å². The third kappa shape index (κ3) is 1.16. The minimum absolute atomic E-state index is 0.543. The highest BCUT2D eigenvalue weighted by Crippen LogP contribution is 2.19. The smallest absolute Gasteiger partial charge is 0.199 e. The highest BCUT2D eigenvalue weighted by Gasteiger charge is 2.03. The van der Waals surface area contributed by atoms with E-state index in [1.807, 2.05) is 0 Å². The Kier molecular flexibility index (Phi) is 1.65. The Hall–Kier alpha value is -0.490. The van der Waals surface area contributed by atoms with E-state index in [1.165, 1.54) is 0 Å². The average molecular weight is 278 g/mol. The third-order valence-corrected chi connectivity index (χ3v) is 2.20. The van der Waals surface area contributed by atoms with Crippen LogP contribution in [0.1, 0.15) is 0 Å². The molecule has 2 aromatic heterocycles. The molecule has 6 heteroatoms. The second-order valence-electron chi connectivity index (χ2n) is 1.92. The molecule has 0 radical (unpaired) electrons. The number of aromatic nitrogens is 4. The third-order valence-electron chi connectivity index (χ3n) is 1.24. The summed E-state index contributed by atoms with van der Waals surface area (Å²) in [5, 5.41) is 7.45. The molecule has 0 aliphatic rings. The Morgan fingerprint density at radius 1 is 1.27 bits per heavy atom. The van der Waals surface area contributed by atoms with E-state index in [1.54, 1.807) is 6.20 Å². The van der Waals surface area contributed by atoms with Crippen molar-refractivity contribution in [3.05, 3.63) is 15.5 Å². The lowest BCUT2D eigenvalue weighted by Crippen LogP contribution is -1.84. The SMILES string of the molecule is Brc1nc(Br)c2cn[nH]c2n1. The summed E-state index contributed by atoms with van der Waals surface area (Å²) in [4.78, 5) is 8.09. The number of hydrogen-bond acceptors (Lipinski definition) is 3. The first-order valence-corrected chi connectivity index (χ1v) is 4.38. The summed E-state index contributed by atoms with van der Waals surface area (Å²) in [6, 6.07) is 0. The molecular weight excluding hydrogens is 276 g/mol. The molecule has 11 heavy (non-hydrogen) atoms. The van der Waals surface area contributed by atoms with E-state index in [0.717, 1.165) is 15.6 Å². The maximum atomic E-state index is 4.05. The number of fused-ring (bicyclic) bond motifs is 1. The summed E-state index contributed by atoms with van der Waals surface area (Å²) in [5.74, 6) is 0. The van der Waals surface area contributed by atoms with Gasteiger partial charge in [-0.1, -0.05) is 0 Å². The lowest BCUT2D eigenvalue weighted by Gasteiger charge is -1.91. The predicted molar refractivity (Wildman–Crippen MR) is 47.1 cm³/mol. The summed E-state index contributed by atoms with van der Waals surface area (Å²) < 4.78 is 1.28. The summed E-state index contributed by atoms with van der Waals surface area (Å²) in [7, 11) is 0. The van der Waals surface area contributed by atoms with Crippen LogP contribution in [0.15, 0.2) is 15.5 Å². The Morgan fingerprint density at radius 2 is 2.09 bits per heavy atom. The van der Waals surface area contributed by atoms with Gasteiger partial charge in [0.2, 0.25) is 0 Å². The maximum Gasteiger partial charge on any atom is 0.199 e. The largest absolute Gasteiger partial charge is 0.261 e. The van der Waals surface area contributed by atoms with Crippen molar-refractivity contribution in [3.63, 3.8) is 0 Å². The number of nitrogens with one attached hydrogen (secondary N) is 1. The van der Waals surface area contributed by atoms with Crippen LogP contribution in [0.4, 0.5) is 0 Å². The molecule has 4 nitrogen and oxygen atoms in total. The van der Waals surface area contributed by atoms with Crippen molar-refractivity contribution in [1.82, 2.24) is 20.2 Å². The van der Waals surface area contributed by atoms with Gasteiger partial charge in [0.05, 0.1) is 11.6 Å². The highest BCUT2D eigenvalue weighted by atomic mass is 79.9. The number of H-pyrrole nitrogens is 1. The molecule has 0 atom stereocenters. The van der Waals surface area contributed by atoms with E-state index >= 15 is 0 Å². The molecule has 2 heterocycles. The van der Waals surface area contributed by atoms with Crippen LogP contribution in [0.5, 0.6) is 0 Å². The molecule has 0 amide bonds. The molecule has 0 aliphatic carbocycles. The Balaban J connectivity index is 2.91. The minimum atomic E-state index is 0.543. The van der Waals surface area contributed by atoms with Crippen molar-refractivity contribution in [2.75, 3.05) is 0 Å². The number of halogens is 2. The second kappa shape index (κ2) is 2.53. The first kappa shape index (κ1) is 7.17. The fourth-order valence-electron chi connectivity index (χ4n) is 0.774. The van der Waals surface area contributed by atoms with Crippen LogP contribution < -0.4 is 0 Å². The number of aromatic amines is 1. The molecule has 56 valence electrons. The number of rotatable bonds is 0. The second-order valence-corrected chi connectivity index (χ2v) is 3.38. The lowest BCUT2D eigenvalue weighted by atomic mass is 10.5. The monoisotopic (exact) mass is 276 g/mol. The van der Waals surface area contributed by atoms with Crippen molar-refractivity contribution >= 4 is 42.9 Å². The number of nitrogens with zero attached hydrogens (tertiary/aromatic N) is 3. The zero-order valence-electron chi connectivity index (χ0n) is 5.17. The van der Waals surface area contributed by atoms with Crippen LogP contribution in [0.25, 0.3) is 11.0 Å². The highest BCUT2D eigenvalue weighted by molar-refractivity contribution is 9.11.